The van der Waals surface area contributed by atoms with Crippen LogP contribution in [0.1, 0.15) is 51.4 Å². The van der Waals surface area contributed by atoms with Crippen LogP contribution in [-0.2, 0) is 17.5 Å². The van der Waals surface area contributed by atoms with Crippen molar-refractivity contribution in [3.8, 4) is 0 Å². The Balaban J connectivity index is 2.38. The second-order valence-electron chi connectivity index (χ2n) is 7.19. The molecule has 0 bridgehead atoms. The van der Waals surface area contributed by atoms with E-state index in [1.165, 1.54) is 12.1 Å². The van der Waals surface area contributed by atoms with Crippen molar-refractivity contribution < 1.29 is 4.39 Å². The minimum atomic E-state index is -0.489. The highest BCUT2D eigenvalue weighted by atomic mass is 19.1. The second kappa shape index (κ2) is 5.26. The summed E-state index contributed by atoms with van der Waals surface area (Å²) in [5.41, 5.74) is 8.82. The molecule has 0 saturated carbocycles. The Labute approximate surface area is 126 Å². The fourth-order valence-corrected chi connectivity index (χ4v) is 2.30. The molecule has 0 aliphatic rings. The molecule has 21 heavy (non-hydrogen) atoms. The monoisotopic (exact) mass is 289 g/mol. The first-order valence-electron chi connectivity index (χ1n) is 7.19. The Morgan fingerprint density at radius 3 is 2.10 bits per heavy atom. The van der Waals surface area contributed by atoms with E-state index in [1.54, 1.807) is 12.1 Å². The molecule has 3 nitrogen and oxygen atoms in total. The van der Waals surface area contributed by atoms with Crippen molar-refractivity contribution in [2.75, 3.05) is 0 Å². The molecule has 4 heteroatoms. The van der Waals surface area contributed by atoms with E-state index >= 15 is 0 Å². The third kappa shape index (κ3) is 3.70. The van der Waals surface area contributed by atoms with Crippen molar-refractivity contribution in [2.45, 2.75) is 52.1 Å². The van der Waals surface area contributed by atoms with Crippen LogP contribution >= 0.6 is 0 Å². The van der Waals surface area contributed by atoms with E-state index < -0.39 is 5.54 Å². The van der Waals surface area contributed by atoms with Gasteiger partial charge in [0.15, 0.2) is 0 Å². The molecule has 0 aliphatic carbocycles. The molecule has 1 aromatic heterocycles. The third-order valence-electron chi connectivity index (χ3n) is 3.44. The molecule has 0 amide bonds. The predicted octanol–water partition coefficient (Wildman–Crippen LogP) is 3.56. The zero-order chi connectivity index (χ0) is 15.8. The summed E-state index contributed by atoms with van der Waals surface area (Å²) < 4.78 is 14.9. The fourth-order valence-electron chi connectivity index (χ4n) is 2.30. The van der Waals surface area contributed by atoms with Gasteiger partial charge in [0.2, 0.25) is 0 Å². The quantitative estimate of drug-likeness (QED) is 0.939. The molecule has 2 N–H and O–H groups in total. The van der Waals surface area contributed by atoms with Crippen LogP contribution in [0.3, 0.4) is 0 Å². The molecule has 0 spiro atoms. The van der Waals surface area contributed by atoms with Crippen LogP contribution < -0.4 is 5.73 Å². The summed E-state index contributed by atoms with van der Waals surface area (Å²) >= 11 is 0. The zero-order valence-electron chi connectivity index (χ0n) is 13.4. The largest absolute Gasteiger partial charge is 0.321 e. The van der Waals surface area contributed by atoms with Crippen LogP contribution in [0.4, 0.5) is 4.39 Å². The van der Waals surface area contributed by atoms with Gasteiger partial charge in [0, 0.05) is 11.8 Å². The molecule has 114 valence electrons. The molecule has 1 heterocycles. The number of hydrogen-bond acceptors (Lipinski definition) is 2. The highest BCUT2D eigenvalue weighted by molar-refractivity contribution is 5.30. The predicted molar refractivity (Wildman–Crippen MR) is 83.6 cm³/mol. The topological polar surface area (TPSA) is 43.8 Å². The van der Waals surface area contributed by atoms with Gasteiger partial charge in [-0.2, -0.15) is 5.10 Å². The average Bonchev–Trinajstić information content (AvgIpc) is 2.76. The van der Waals surface area contributed by atoms with Gasteiger partial charge in [-0.3, -0.25) is 4.68 Å². The third-order valence-corrected chi connectivity index (χ3v) is 3.44. The smallest absolute Gasteiger partial charge is 0.123 e. The summed E-state index contributed by atoms with van der Waals surface area (Å²) in [6.45, 7) is 11.0. The van der Waals surface area contributed by atoms with Gasteiger partial charge in [-0.25, -0.2) is 4.39 Å². The minimum Gasteiger partial charge on any atom is -0.321 e. The molecule has 0 aliphatic heterocycles. The maximum Gasteiger partial charge on any atom is 0.123 e. The zero-order valence-corrected chi connectivity index (χ0v) is 13.4. The molecule has 0 fully saturated rings. The number of rotatable bonds is 3. The van der Waals surface area contributed by atoms with E-state index in [9.17, 15) is 4.39 Å². The first-order chi connectivity index (χ1) is 9.57. The summed E-state index contributed by atoms with van der Waals surface area (Å²) in [6.07, 6.45) is 2.05. The van der Waals surface area contributed by atoms with Gasteiger partial charge >= 0.3 is 0 Å². The van der Waals surface area contributed by atoms with Gasteiger partial charge in [-0.05, 0) is 37.0 Å². The van der Waals surface area contributed by atoms with E-state index in [1.807, 2.05) is 24.7 Å². The second-order valence-corrected chi connectivity index (χ2v) is 7.19. The van der Waals surface area contributed by atoms with Crippen LogP contribution in [-0.4, -0.2) is 9.78 Å². The Morgan fingerprint density at radius 1 is 1.10 bits per heavy atom. The average molecular weight is 289 g/mol. The van der Waals surface area contributed by atoms with E-state index in [0.717, 1.165) is 16.8 Å². The van der Waals surface area contributed by atoms with Crippen molar-refractivity contribution in [2.24, 2.45) is 5.73 Å². The molecule has 0 atom stereocenters. The normalized spacial score (nSPS) is 12.7. The first kappa shape index (κ1) is 15.7. The molecule has 0 unspecified atom stereocenters. The van der Waals surface area contributed by atoms with Crippen LogP contribution in [0.2, 0.25) is 0 Å². The van der Waals surface area contributed by atoms with Crippen molar-refractivity contribution in [3.05, 3.63) is 53.1 Å². The van der Waals surface area contributed by atoms with Gasteiger partial charge in [0.05, 0.1) is 17.8 Å². The molecule has 0 radical (unpaired) electrons. The lowest BCUT2D eigenvalue weighted by Crippen LogP contribution is -2.32. The number of halogens is 1. The lowest BCUT2D eigenvalue weighted by atomic mass is 9.83. The SMILES string of the molecule is CC(C)(C)c1cn(Cc2ccc(F)cc2)nc1C(C)(C)N. The maximum absolute atomic E-state index is 13.0. The van der Waals surface area contributed by atoms with E-state index in [2.05, 4.69) is 25.9 Å². The standard InChI is InChI=1S/C17H24FN3/c1-16(2,3)14-11-21(20-15(14)17(4,5)19)10-12-6-8-13(18)9-7-12/h6-9,11H,10,19H2,1-5H3. The number of nitrogens with two attached hydrogens (primary N) is 1. The van der Waals surface area contributed by atoms with E-state index in [4.69, 9.17) is 5.73 Å². The van der Waals surface area contributed by atoms with E-state index in [-0.39, 0.29) is 11.2 Å². The maximum atomic E-state index is 13.0. The lowest BCUT2D eigenvalue weighted by Gasteiger charge is -2.24. The Kier molecular flexibility index (Phi) is 3.93. The summed E-state index contributed by atoms with van der Waals surface area (Å²) in [6, 6.07) is 6.50. The van der Waals surface area contributed by atoms with Crippen LogP contribution in [0.15, 0.2) is 30.5 Å². The van der Waals surface area contributed by atoms with Gasteiger partial charge in [0.25, 0.3) is 0 Å². The summed E-state index contributed by atoms with van der Waals surface area (Å²) in [5, 5.41) is 4.66. The van der Waals surface area contributed by atoms with Crippen LogP contribution in [0.5, 0.6) is 0 Å². The van der Waals surface area contributed by atoms with Crippen molar-refractivity contribution >= 4 is 0 Å². The minimum absolute atomic E-state index is 0.0208. The molecule has 2 rings (SSSR count). The van der Waals surface area contributed by atoms with Crippen molar-refractivity contribution in [3.63, 3.8) is 0 Å². The molecule has 0 saturated heterocycles. The Morgan fingerprint density at radius 2 is 1.67 bits per heavy atom. The van der Waals surface area contributed by atoms with Gasteiger partial charge in [-0.1, -0.05) is 32.9 Å². The Hall–Kier alpha value is -1.68. The molecular weight excluding hydrogens is 265 g/mol. The first-order valence-corrected chi connectivity index (χ1v) is 7.19. The van der Waals surface area contributed by atoms with E-state index in [0.29, 0.717) is 6.54 Å². The number of hydrogen-bond donors (Lipinski definition) is 1. The summed E-state index contributed by atoms with van der Waals surface area (Å²) in [5.74, 6) is -0.224. The molecule has 1 aromatic carbocycles. The number of aromatic nitrogens is 2. The molecular formula is C17H24FN3. The Bertz CT molecular complexity index is 581. The highest BCUT2D eigenvalue weighted by Gasteiger charge is 2.29. The number of benzene rings is 1. The van der Waals surface area contributed by atoms with Crippen LogP contribution in [0.25, 0.3) is 0 Å². The van der Waals surface area contributed by atoms with Crippen molar-refractivity contribution in [1.29, 1.82) is 0 Å². The summed E-state index contributed by atoms with van der Waals surface area (Å²) in [7, 11) is 0. The summed E-state index contributed by atoms with van der Waals surface area (Å²) in [4.78, 5) is 0. The van der Waals surface area contributed by atoms with Crippen LogP contribution in [0, 0.1) is 5.82 Å². The fraction of sp³-hybridized carbons (Fsp3) is 0.471. The van der Waals surface area contributed by atoms with Gasteiger partial charge in [-0.15, -0.1) is 0 Å². The van der Waals surface area contributed by atoms with Gasteiger partial charge < -0.3 is 5.73 Å². The van der Waals surface area contributed by atoms with Crippen molar-refractivity contribution in [1.82, 2.24) is 9.78 Å². The lowest BCUT2D eigenvalue weighted by molar-refractivity contribution is 0.493. The van der Waals surface area contributed by atoms with Gasteiger partial charge in [0.1, 0.15) is 5.82 Å². The number of nitrogens with zero attached hydrogens (tertiary/aromatic N) is 2. The highest BCUT2D eigenvalue weighted by Crippen LogP contribution is 2.30. The molecule has 2 aromatic rings.